The summed E-state index contributed by atoms with van der Waals surface area (Å²) in [7, 11) is 1.48. The van der Waals surface area contributed by atoms with Crippen LogP contribution in [-0.4, -0.2) is 56.1 Å². The van der Waals surface area contributed by atoms with Crippen molar-refractivity contribution in [3.8, 4) is 0 Å². The van der Waals surface area contributed by atoms with Crippen molar-refractivity contribution in [1.29, 1.82) is 0 Å². The van der Waals surface area contributed by atoms with Crippen molar-refractivity contribution in [2.24, 2.45) is 11.7 Å². The Balaban J connectivity index is 1.70. The van der Waals surface area contributed by atoms with Gasteiger partial charge in [0.1, 0.15) is 6.04 Å². The van der Waals surface area contributed by atoms with Crippen LogP contribution in [0.1, 0.15) is 18.4 Å². The predicted octanol–water partition coefficient (Wildman–Crippen LogP) is 0.558. The molecule has 6 nitrogen and oxygen atoms in total. The molecule has 132 valence electrons. The molecule has 1 aromatic rings. The zero-order valence-corrected chi connectivity index (χ0v) is 14.2. The third kappa shape index (κ3) is 5.62. The maximum absolute atomic E-state index is 12.2. The minimum Gasteiger partial charge on any atom is -0.383 e. The largest absolute Gasteiger partial charge is 0.383 e. The van der Waals surface area contributed by atoms with E-state index in [-0.39, 0.29) is 25.0 Å². The molecular weight excluding hydrogens is 306 g/mol. The molecule has 1 heterocycles. The van der Waals surface area contributed by atoms with Crippen LogP contribution < -0.4 is 11.1 Å². The van der Waals surface area contributed by atoms with Crippen molar-refractivity contribution in [3.05, 3.63) is 35.9 Å². The van der Waals surface area contributed by atoms with Crippen LogP contribution in [0.5, 0.6) is 0 Å². The molecule has 0 aliphatic carbocycles. The lowest BCUT2D eigenvalue weighted by atomic mass is 9.90. The van der Waals surface area contributed by atoms with Gasteiger partial charge in [0, 0.05) is 20.2 Å². The second-order valence-electron chi connectivity index (χ2n) is 6.29. The Labute approximate surface area is 143 Å². The first-order valence-corrected chi connectivity index (χ1v) is 8.44. The molecule has 1 unspecified atom stereocenters. The zero-order chi connectivity index (χ0) is 17.4. The summed E-state index contributed by atoms with van der Waals surface area (Å²) in [6.45, 7) is 1.64. The van der Waals surface area contributed by atoms with Gasteiger partial charge >= 0.3 is 0 Å². The van der Waals surface area contributed by atoms with Crippen LogP contribution in [0.3, 0.4) is 0 Å². The highest BCUT2D eigenvalue weighted by Gasteiger charge is 2.23. The number of ether oxygens (including phenoxy) is 1. The van der Waals surface area contributed by atoms with Crippen molar-refractivity contribution >= 4 is 11.8 Å². The quantitative estimate of drug-likeness (QED) is 0.763. The van der Waals surface area contributed by atoms with Crippen LogP contribution in [0.2, 0.25) is 0 Å². The lowest BCUT2D eigenvalue weighted by molar-refractivity contribution is -0.134. The second-order valence-corrected chi connectivity index (χ2v) is 6.29. The molecule has 1 aliphatic rings. The van der Waals surface area contributed by atoms with E-state index in [2.05, 4.69) is 29.6 Å². The maximum atomic E-state index is 12.2. The molecule has 1 aromatic carbocycles. The highest BCUT2D eigenvalue weighted by atomic mass is 16.5. The van der Waals surface area contributed by atoms with Crippen molar-refractivity contribution in [1.82, 2.24) is 10.2 Å². The molecule has 24 heavy (non-hydrogen) atoms. The number of amides is 2. The number of likely N-dealkylation sites (tertiary alicyclic amines) is 1. The van der Waals surface area contributed by atoms with Crippen molar-refractivity contribution < 1.29 is 14.3 Å². The summed E-state index contributed by atoms with van der Waals surface area (Å²) in [5.74, 6) is 0.205. The van der Waals surface area contributed by atoms with Gasteiger partial charge in [0.15, 0.2) is 0 Å². The second kappa shape index (κ2) is 9.39. The number of nitrogens with one attached hydrogen (secondary N) is 1. The molecule has 1 aliphatic heterocycles. The van der Waals surface area contributed by atoms with Gasteiger partial charge in [-0.3, -0.25) is 9.59 Å². The number of piperidine rings is 1. The molecule has 1 saturated heterocycles. The smallest absolute Gasteiger partial charge is 0.241 e. The minimum absolute atomic E-state index is 0.000397. The molecule has 0 bridgehead atoms. The summed E-state index contributed by atoms with van der Waals surface area (Å²) >= 11 is 0. The summed E-state index contributed by atoms with van der Waals surface area (Å²) in [5, 5.41) is 2.58. The van der Waals surface area contributed by atoms with Crippen molar-refractivity contribution in [2.75, 3.05) is 33.4 Å². The van der Waals surface area contributed by atoms with Crippen LogP contribution in [0.15, 0.2) is 30.3 Å². The normalized spacial score (nSPS) is 16.7. The van der Waals surface area contributed by atoms with Gasteiger partial charge in [-0.2, -0.15) is 0 Å². The number of carbonyl (C=O) groups is 2. The van der Waals surface area contributed by atoms with E-state index in [1.807, 2.05) is 11.0 Å². The van der Waals surface area contributed by atoms with Crippen molar-refractivity contribution in [2.45, 2.75) is 25.3 Å². The monoisotopic (exact) mass is 333 g/mol. The summed E-state index contributed by atoms with van der Waals surface area (Å²) < 4.78 is 4.83. The van der Waals surface area contributed by atoms with E-state index in [4.69, 9.17) is 10.5 Å². The summed E-state index contributed by atoms with van der Waals surface area (Å²) in [5.41, 5.74) is 6.97. The first-order valence-electron chi connectivity index (χ1n) is 8.44. The van der Waals surface area contributed by atoms with E-state index in [1.165, 1.54) is 12.7 Å². The third-order valence-electron chi connectivity index (χ3n) is 4.43. The van der Waals surface area contributed by atoms with Gasteiger partial charge in [-0.1, -0.05) is 30.3 Å². The predicted molar refractivity (Wildman–Crippen MR) is 92.3 cm³/mol. The summed E-state index contributed by atoms with van der Waals surface area (Å²) in [4.78, 5) is 25.7. The molecule has 0 saturated carbocycles. The molecule has 3 N–H and O–H groups in total. The minimum atomic E-state index is -0.737. The molecule has 1 atom stereocenters. The zero-order valence-electron chi connectivity index (χ0n) is 14.2. The van der Waals surface area contributed by atoms with Crippen LogP contribution in [0.4, 0.5) is 0 Å². The van der Waals surface area contributed by atoms with Crippen LogP contribution in [0.25, 0.3) is 0 Å². The molecule has 6 heteroatoms. The van der Waals surface area contributed by atoms with Gasteiger partial charge in [0.05, 0.1) is 13.2 Å². The van der Waals surface area contributed by atoms with Crippen LogP contribution >= 0.6 is 0 Å². The number of hydrogen-bond acceptors (Lipinski definition) is 4. The summed E-state index contributed by atoms with van der Waals surface area (Å²) in [6, 6.07) is 9.71. The first kappa shape index (κ1) is 18.4. The maximum Gasteiger partial charge on any atom is 0.241 e. The van der Waals surface area contributed by atoms with Gasteiger partial charge in [-0.05, 0) is 30.7 Å². The van der Waals surface area contributed by atoms with Gasteiger partial charge in [-0.25, -0.2) is 0 Å². The number of nitrogens with zero attached hydrogens (tertiary/aromatic N) is 1. The number of methoxy groups -OCH3 is 1. The molecule has 0 spiro atoms. The average Bonchev–Trinajstić information content (AvgIpc) is 2.61. The Bertz CT molecular complexity index is 528. The Morgan fingerprint density at radius 1 is 1.29 bits per heavy atom. The molecule has 0 radical (unpaired) electrons. The fourth-order valence-corrected chi connectivity index (χ4v) is 2.99. The third-order valence-corrected chi connectivity index (χ3v) is 4.43. The number of benzene rings is 1. The highest BCUT2D eigenvalue weighted by Crippen LogP contribution is 2.21. The number of carbonyl (C=O) groups excluding carboxylic acids is 2. The van der Waals surface area contributed by atoms with Crippen LogP contribution in [0, 0.1) is 5.92 Å². The van der Waals surface area contributed by atoms with Crippen LogP contribution in [-0.2, 0) is 20.7 Å². The molecule has 1 fully saturated rings. The van der Waals surface area contributed by atoms with E-state index in [9.17, 15) is 9.59 Å². The van der Waals surface area contributed by atoms with E-state index < -0.39 is 6.04 Å². The fraction of sp³-hybridized carbons (Fsp3) is 0.556. The first-order chi connectivity index (χ1) is 11.6. The van der Waals surface area contributed by atoms with Gasteiger partial charge in [0.2, 0.25) is 11.8 Å². The Kier molecular flexibility index (Phi) is 7.21. The Morgan fingerprint density at radius 2 is 1.96 bits per heavy atom. The average molecular weight is 333 g/mol. The SMILES string of the molecule is COCC(N)C(=O)NCC(=O)N1CCC(Cc2ccccc2)CC1. The van der Waals surface area contributed by atoms with E-state index in [1.54, 1.807) is 0 Å². The molecule has 2 amide bonds. The summed E-state index contributed by atoms with van der Waals surface area (Å²) in [6.07, 6.45) is 3.06. The molecule has 0 aromatic heterocycles. The van der Waals surface area contributed by atoms with Gasteiger partial charge < -0.3 is 20.7 Å². The fourth-order valence-electron chi connectivity index (χ4n) is 2.99. The highest BCUT2D eigenvalue weighted by molar-refractivity contribution is 5.87. The number of rotatable bonds is 7. The Hall–Kier alpha value is -1.92. The number of nitrogens with two attached hydrogens (primary N) is 1. The van der Waals surface area contributed by atoms with Gasteiger partial charge in [-0.15, -0.1) is 0 Å². The lowest BCUT2D eigenvalue weighted by Gasteiger charge is -2.32. The molecule has 2 rings (SSSR count). The van der Waals surface area contributed by atoms with E-state index in [0.29, 0.717) is 5.92 Å². The standard InChI is InChI=1S/C18H27N3O3/c1-24-13-16(19)18(23)20-12-17(22)21-9-7-15(8-10-21)11-14-5-3-2-4-6-14/h2-6,15-16H,7-13,19H2,1H3,(H,20,23). The van der Waals surface area contributed by atoms with Gasteiger partial charge in [0.25, 0.3) is 0 Å². The van der Waals surface area contributed by atoms with E-state index in [0.717, 1.165) is 32.4 Å². The van der Waals surface area contributed by atoms with Crippen molar-refractivity contribution in [3.63, 3.8) is 0 Å². The number of hydrogen-bond donors (Lipinski definition) is 2. The Morgan fingerprint density at radius 3 is 2.58 bits per heavy atom. The molecular formula is C18H27N3O3. The lowest BCUT2D eigenvalue weighted by Crippen LogP contribution is -2.49. The topological polar surface area (TPSA) is 84.7 Å². The van der Waals surface area contributed by atoms with E-state index >= 15 is 0 Å².